The van der Waals surface area contributed by atoms with Gasteiger partial charge in [0.15, 0.2) is 5.78 Å². The molecule has 1 aromatic carbocycles. The van der Waals surface area contributed by atoms with Crippen LogP contribution in [0.25, 0.3) is 0 Å². The normalized spacial score (nSPS) is 20.3. The Morgan fingerprint density at radius 1 is 1.16 bits per heavy atom. The van der Waals surface area contributed by atoms with Gasteiger partial charge in [-0.1, -0.05) is 31.0 Å². The smallest absolute Gasteiger partial charge is 0.183 e. The molecule has 3 nitrogen and oxygen atoms in total. The first kappa shape index (κ1) is 16.4. The molecule has 1 fully saturated rings. The molecule has 132 valence electrons. The van der Waals surface area contributed by atoms with Crippen LogP contribution in [0.4, 0.5) is 5.69 Å². The highest BCUT2D eigenvalue weighted by molar-refractivity contribution is 6.01. The largest absolute Gasteiger partial charge is 0.361 e. The summed E-state index contributed by atoms with van der Waals surface area (Å²) in [7, 11) is 0. The van der Waals surface area contributed by atoms with Gasteiger partial charge in [0.2, 0.25) is 0 Å². The fraction of sp³-hybridized carbons (Fsp3) is 0.500. The van der Waals surface area contributed by atoms with Gasteiger partial charge in [-0.25, -0.2) is 0 Å². The molecule has 0 N–H and O–H groups in total. The van der Waals surface area contributed by atoms with E-state index < -0.39 is 0 Å². The average molecular weight is 336 g/mol. The van der Waals surface area contributed by atoms with Gasteiger partial charge in [0.1, 0.15) is 0 Å². The van der Waals surface area contributed by atoms with E-state index in [-0.39, 0.29) is 5.78 Å². The SMILES string of the molecule is Cc1cc(C(=O)CN2c3ccccc3CC2C)c(C)n1C1CCCC1. The number of aryl methyl sites for hydroxylation is 1. The van der Waals surface area contributed by atoms with Crippen molar-refractivity contribution in [2.45, 2.75) is 65.0 Å². The third kappa shape index (κ3) is 2.80. The highest BCUT2D eigenvalue weighted by Gasteiger charge is 2.29. The third-order valence-electron chi connectivity index (χ3n) is 6.14. The first-order valence-electron chi connectivity index (χ1n) is 9.62. The predicted octanol–water partition coefficient (Wildman–Crippen LogP) is 4.85. The maximum absolute atomic E-state index is 13.1. The van der Waals surface area contributed by atoms with Crippen LogP contribution in [0.2, 0.25) is 0 Å². The van der Waals surface area contributed by atoms with Crippen molar-refractivity contribution in [1.29, 1.82) is 0 Å². The van der Waals surface area contributed by atoms with Crippen LogP contribution in [0.1, 0.15) is 66.0 Å². The Labute approximate surface area is 150 Å². The number of Topliss-reactive ketones (excluding diaryl/α,β-unsaturated/α-hetero) is 1. The van der Waals surface area contributed by atoms with Crippen molar-refractivity contribution >= 4 is 11.5 Å². The van der Waals surface area contributed by atoms with Gasteiger partial charge < -0.3 is 9.47 Å². The molecule has 1 aliphatic carbocycles. The zero-order chi connectivity index (χ0) is 17.6. The van der Waals surface area contributed by atoms with E-state index in [1.54, 1.807) is 0 Å². The molecule has 1 atom stereocenters. The monoisotopic (exact) mass is 336 g/mol. The lowest BCUT2D eigenvalue weighted by molar-refractivity contribution is 0.0997. The average Bonchev–Trinajstić information content (AvgIpc) is 3.27. The Balaban J connectivity index is 1.59. The van der Waals surface area contributed by atoms with Gasteiger partial charge in [-0.2, -0.15) is 0 Å². The van der Waals surface area contributed by atoms with Crippen LogP contribution >= 0.6 is 0 Å². The second kappa shape index (κ2) is 6.36. The van der Waals surface area contributed by atoms with E-state index in [1.807, 2.05) is 0 Å². The molecule has 0 bridgehead atoms. The number of carbonyl (C=O) groups is 1. The number of hydrogen-bond acceptors (Lipinski definition) is 2. The summed E-state index contributed by atoms with van der Waals surface area (Å²) >= 11 is 0. The minimum Gasteiger partial charge on any atom is -0.361 e. The highest BCUT2D eigenvalue weighted by Crippen LogP contribution is 2.35. The van der Waals surface area contributed by atoms with Crippen LogP contribution < -0.4 is 4.90 Å². The number of para-hydroxylation sites is 1. The number of rotatable bonds is 4. The summed E-state index contributed by atoms with van der Waals surface area (Å²) in [6.07, 6.45) is 6.16. The number of benzene rings is 1. The van der Waals surface area contributed by atoms with Crippen molar-refractivity contribution in [3.63, 3.8) is 0 Å². The molecule has 1 aliphatic heterocycles. The molecule has 0 saturated heterocycles. The molecule has 4 rings (SSSR count). The zero-order valence-corrected chi connectivity index (χ0v) is 15.6. The van der Waals surface area contributed by atoms with Crippen molar-refractivity contribution in [2.24, 2.45) is 0 Å². The van der Waals surface area contributed by atoms with Crippen molar-refractivity contribution in [1.82, 2.24) is 4.57 Å². The molecule has 1 aromatic heterocycles. The molecular weight excluding hydrogens is 308 g/mol. The Kier molecular flexibility index (Phi) is 4.18. The van der Waals surface area contributed by atoms with Crippen LogP contribution in [0.15, 0.2) is 30.3 Å². The summed E-state index contributed by atoms with van der Waals surface area (Å²) in [6.45, 7) is 6.97. The topological polar surface area (TPSA) is 25.2 Å². The number of carbonyl (C=O) groups excluding carboxylic acids is 1. The van der Waals surface area contributed by atoms with Crippen molar-refractivity contribution in [3.8, 4) is 0 Å². The van der Waals surface area contributed by atoms with Gasteiger partial charge in [-0.05, 0) is 57.7 Å². The summed E-state index contributed by atoms with van der Waals surface area (Å²) in [6, 6.07) is 11.6. The molecule has 25 heavy (non-hydrogen) atoms. The van der Waals surface area contributed by atoms with Gasteiger partial charge in [-0.3, -0.25) is 4.79 Å². The number of fused-ring (bicyclic) bond motifs is 1. The minimum atomic E-state index is 0.251. The van der Waals surface area contributed by atoms with E-state index in [1.165, 1.54) is 42.6 Å². The lowest BCUT2D eigenvalue weighted by Gasteiger charge is -2.24. The second-order valence-electron chi connectivity index (χ2n) is 7.83. The predicted molar refractivity (Wildman–Crippen MR) is 103 cm³/mol. The van der Waals surface area contributed by atoms with Crippen LogP contribution in [-0.4, -0.2) is 22.9 Å². The maximum atomic E-state index is 13.1. The summed E-state index contributed by atoms with van der Waals surface area (Å²) in [5.74, 6) is 0.251. The van der Waals surface area contributed by atoms with E-state index in [9.17, 15) is 4.79 Å². The fourth-order valence-electron chi connectivity index (χ4n) is 4.89. The molecule has 0 radical (unpaired) electrons. The van der Waals surface area contributed by atoms with E-state index in [0.717, 1.165) is 17.7 Å². The first-order valence-corrected chi connectivity index (χ1v) is 9.62. The quantitative estimate of drug-likeness (QED) is 0.745. The number of aromatic nitrogens is 1. The van der Waals surface area contributed by atoms with Gasteiger partial charge in [0.25, 0.3) is 0 Å². The lowest BCUT2D eigenvalue weighted by Crippen LogP contribution is -2.34. The van der Waals surface area contributed by atoms with E-state index in [4.69, 9.17) is 0 Å². The standard InChI is InChI=1S/C22H28N2O/c1-15-12-18-8-4-7-11-21(18)23(15)14-22(25)20-13-16(2)24(17(20)3)19-9-5-6-10-19/h4,7-8,11,13,15,19H,5-6,9-10,12,14H2,1-3H3. The summed E-state index contributed by atoms with van der Waals surface area (Å²) in [5, 5.41) is 0. The van der Waals surface area contributed by atoms with Crippen molar-refractivity contribution in [3.05, 3.63) is 52.8 Å². The first-order chi connectivity index (χ1) is 12.1. The Bertz CT molecular complexity index is 798. The maximum Gasteiger partial charge on any atom is 0.183 e. The van der Waals surface area contributed by atoms with Crippen LogP contribution in [0, 0.1) is 13.8 Å². The second-order valence-corrected chi connectivity index (χ2v) is 7.83. The van der Waals surface area contributed by atoms with E-state index >= 15 is 0 Å². The summed E-state index contributed by atoms with van der Waals surface area (Å²) in [4.78, 5) is 15.4. The molecule has 1 unspecified atom stereocenters. The Hall–Kier alpha value is -2.03. The van der Waals surface area contributed by atoms with Gasteiger partial charge in [0.05, 0.1) is 6.54 Å². The molecule has 2 heterocycles. The van der Waals surface area contributed by atoms with Crippen molar-refractivity contribution in [2.75, 3.05) is 11.4 Å². The van der Waals surface area contributed by atoms with Crippen LogP contribution in [-0.2, 0) is 6.42 Å². The summed E-state index contributed by atoms with van der Waals surface area (Å²) < 4.78 is 2.42. The minimum absolute atomic E-state index is 0.251. The molecule has 3 heteroatoms. The van der Waals surface area contributed by atoms with Gasteiger partial charge in [-0.15, -0.1) is 0 Å². The third-order valence-corrected chi connectivity index (χ3v) is 6.14. The number of nitrogens with zero attached hydrogens (tertiary/aromatic N) is 2. The number of anilines is 1. The van der Waals surface area contributed by atoms with Crippen LogP contribution in [0.5, 0.6) is 0 Å². The molecule has 2 aliphatic rings. The fourth-order valence-corrected chi connectivity index (χ4v) is 4.89. The van der Waals surface area contributed by atoms with Gasteiger partial charge >= 0.3 is 0 Å². The zero-order valence-electron chi connectivity index (χ0n) is 15.6. The number of ketones is 1. The van der Waals surface area contributed by atoms with Gasteiger partial charge in [0, 0.05) is 34.7 Å². The van der Waals surface area contributed by atoms with Crippen LogP contribution in [0.3, 0.4) is 0 Å². The lowest BCUT2D eigenvalue weighted by atomic mass is 10.1. The molecule has 0 spiro atoms. The molecular formula is C22H28N2O. The highest BCUT2D eigenvalue weighted by atomic mass is 16.1. The van der Waals surface area contributed by atoms with Crippen molar-refractivity contribution < 1.29 is 4.79 Å². The Morgan fingerprint density at radius 3 is 2.64 bits per heavy atom. The summed E-state index contributed by atoms with van der Waals surface area (Å²) in [5.41, 5.74) is 5.91. The molecule has 1 saturated carbocycles. The molecule has 2 aromatic rings. The molecule has 0 amide bonds. The Morgan fingerprint density at radius 2 is 1.88 bits per heavy atom. The number of hydrogen-bond donors (Lipinski definition) is 0. The van der Waals surface area contributed by atoms with E-state index in [2.05, 4.69) is 60.6 Å². The van der Waals surface area contributed by atoms with E-state index in [0.29, 0.717) is 18.6 Å².